The van der Waals surface area contributed by atoms with Gasteiger partial charge in [-0.05, 0) is 28.1 Å². The van der Waals surface area contributed by atoms with Crippen molar-refractivity contribution in [3.8, 4) is 0 Å². The fraction of sp³-hybridized carbons (Fsp3) is 0.143. The molecule has 0 saturated heterocycles. The van der Waals surface area contributed by atoms with Crippen molar-refractivity contribution in [3.63, 3.8) is 0 Å². The van der Waals surface area contributed by atoms with E-state index in [1.54, 1.807) is 0 Å². The molecule has 0 unspecified atom stereocenters. The summed E-state index contributed by atoms with van der Waals surface area (Å²) in [7, 11) is -4.75. The van der Waals surface area contributed by atoms with Crippen molar-refractivity contribution in [2.24, 2.45) is 0 Å². The number of hydrogen-bond acceptors (Lipinski definition) is 2. The molecule has 0 aliphatic rings. The molecular formula is C7H4BrF3O2S. The Morgan fingerprint density at radius 2 is 1.86 bits per heavy atom. The monoisotopic (exact) mass is 288 g/mol. The highest BCUT2D eigenvalue weighted by atomic mass is 79.9. The third-order valence-electron chi connectivity index (χ3n) is 1.46. The van der Waals surface area contributed by atoms with Crippen LogP contribution >= 0.6 is 15.9 Å². The summed E-state index contributed by atoms with van der Waals surface area (Å²) in [6, 6.07) is 2.93. The van der Waals surface area contributed by atoms with Gasteiger partial charge < -0.3 is 0 Å². The van der Waals surface area contributed by atoms with Gasteiger partial charge in [0.1, 0.15) is 5.82 Å². The number of rotatable bonds is 2. The minimum atomic E-state index is -4.75. The first-order chi connectivity index (χ1) is 6.37. The Hall–Kier alpha value is -0.560. The number of benzene rings is 1. The van der Waals surface area contributed by atoms with Crippen LogP contribution in [0.25, 0.3) is 0 Å². The van der Waals surface area contributed by atoms with Crippen LogP contribution in [0.4, 0.5) is 13.2 Å². The van der Waals surface area contributed by atoms with Gasteiger partial charge in [0, 0.05) is 0 Å². The fourth-order valence-corrected chi connectivity index (χ4v) is 2.55. The molecule has 0 saturated carbocycles. The summed E-state index contributed by atoms with van der Waals surface area (Å²) in [6.45, 7) is 0. The first kappa shape index (κ1) is 11.5. The van der Waals surface area contributed by atoms with E-state index in [1.165, 1.54) is 0 Å². The molecule has 2 nitrogen and oxygen atoms in total. The Morgan fingerprint density at radius 3 is 2.36 bits per heavy atom. The van der Waals surface area contributed by atoms with Gasteiger partial charge in [-0.3, -0.25) is 0 Å². The number of sulfone groups is 1. The van der Waals surface area contributed by atoms with Gasteiger partial charge in [0.25, 0.3) is 0 Å². The van der Waals surface area contributed by atoms with Gasteiger partial charge in [-0.2, -0.15) is 8.78 Å². The minimum absolute atomic E-state index is 0.472. The summed E-state index contributed by atoms with van der Waals surface area (Å²) in [4.78, 5) is -0.743. The number of alkyl halides is 2. The van der Waals surface area contributed by atoms with Crippen LogP contribution in [0.5, 0.6) is 0 Å². The molecule has 0 aromatic heterocycles. The number of halogens is 4. The van der Waals surface area contributed by atoms with Crippen LogP contribution in [0, 0.1) is 5.82 Å². The zero-order valence-electron chi connectivity index (χ0n) is 6.55. The van der Waals surface area contributed by atoms with Crippen molar-refractivity contribution in [1.82, 2.24) is 0 Å². The van der Waals surface area contributed by atoms with E-state index in [0.29, 0.717) is 0 Å². The summed E-state index contributed by atoms with van der Waals surface area (Å²) < 4.78 is 58.4. The maximum absolute atomic E-state index is 12.8. The van der Waals surface area contributed by atoms with E-state index in [4.69, 9.17) is 0 Å². The van der Waals surface area contributed by atoms with E-state index in [-0.39, 0.29) is 0 Å². The van der Waals surface area contributed by atoms with E-state index in [9.17, 15) is 21.6 Å². The highest BCUT2D eigenvalue weighted by Crippen LogP contribution is 2.28. The van der Waals surface area contributed by atoms with Gasteiger partial charge in [0.05, 0.1) is 9.37 Å². The maximum Gasteiger partial charge on any atom is 0.341 e. The third-order valence-corrected chi connectivity index (χ3v) is 3.95. The predicted molar refractivity (Wildman–Crippen MR) is 47.3 cm³/mol. The third kappa shape index (κ3) is 1.93. The molecule has 0 heterocycles. The van der Waals surface area contributed by atoms with Crippen molar-refractivity contribution in [1.29, 1.82) is 0 Å². The topological polar surface area (TPSA) is 34.1 Å². The van der Waals surface area contributed by atoms with Crippen LogP contribution in [0.3, 0.4) is 0 Å². The molecule has 0 spiro atoms. The maximum atomic E-state index is 12.8. The first-order valence-electron chi connectivity index (χ1n) is 3.33. The highest BCUT2D eigenvalue weighted by Gasteiger charge is 2.29. The van der Waals surface area contributed by atoms with E-state index in [1.807, 2.05) is 0 Å². The van der Waals surface area contributed by atoms with E-state index >= 15 is 0 Å². The Kier molecular flexibility index (Phi) is 3.20. The Balaban J connectivity index is 3.42. The van der Waals surface area contributed by atoms with Crippen molar-refractivity contribution in [2.45, 2.75) is 10.7 Å². The largest absolute Gasteiger partial charge is 0.341 e. The molecular weight excluding hydrogens is 285 g/mol. The Labute approximate surface area is 86.8 Å². The normalized spacial score (nSPS) is 12.1. The molecule has 0 atom stereocenters. The molecule has 1 aromatic carbocycles. The summed E-state index contributed by atoms with van der Waals surface area (Å²) in [5.74, 6) is -4.45. The molecule has 1 aromatic rings. The van der Waals surface area contributed by atoms with Gasteiger partial charge in [-0.25, -0.2) is 12.8 Å². The minimum Gasteiger partial charge on any atom is -0.218 e. The molecule has 0 amide bonds. The van der Waals surface area contributed by atoms with Crippen LogP contribution in [-0.4, -0.2) is 14.2 Å². The van der Waals surface area contributed by atoms with E-state index < -0.39 is 30.8 Å². The van der Waals surface area contributed by atoms with Crippen LogP contribution in [0.2, 0.25) is 0 Å². The standard InChI is InChI=1S/C7H4BrF3O2S/c8-6-4(9)2-1-3-5(6)14(12,13)7(10)11/h1-3,7H. The lowest BCUT2D eigenvalue weighted by atomic mass is 10.3. The molecule has 0 N–H and O–H groups in total. The second kappa shape index (κ2) is 3.90. The molecule has 0 aliphatic carbocycles. The molecule has 78 valence electrons. The van der Waals surface area contributed by atoms with Gasteiger partial charge in [0.2, 0.25) is 9.84 Å². The Bertz CT molecular complexity index is 444. The Morgan fingerprint density at radius 1 is 1.29 bits per heavy atom. The van der Waals surface area contributed by atoms with E-state index in [0.717, 1.165) is 18.2 Å². The molecule has 14 heavy (non-hydrogen) atoms. The smallest absolute Gasteiger partial charge is 0.218 e. The van der Waals surface area contributed by atoms with Crippen molar-refractivity contribution >= 4 is 25.8 Å². The summed E-state index contributed by atoms with van der Waals surface area (Å²) in [5.41, 5.74) is 0. The van der Waals surface area contributed by atoms with Gasteiger partial charge in [0.15, 0.2) is 0 Å². The van der Waals surface area contributed by atoms with Gasteiger partial charge >= 0.3 is 5.76 Å². The molecule has 1 rings (SSSR count). The SMILES string of the molecule is O=S(=O)(c1cccc(F)c1Br)C(F)F. The second-order valence-corrected chi connectivity index (χ2v) is 5.04. The first-order valence-corrected chi connectivity index (χ1v) is 5.67. The molecule has 0 fully saturated rings. The lowest BCUT2D eigenvalue weighted by molar-refractivity contribution is 0.234. The average Bonchev–Trinajstić information content (AvgIpc) is 2.09. The summed E-state index contributed by atoms with van der Waals surface area (Å²) in [6.07, 6.45) is 0. The summed E-state index contributed by atoms with van der Waals surface area (Å²) in [5, 5.41) is 0. The lowest BCUT2D eigenvalue weighted by Crippen LogP contribution is -2.12. The fourth-order valence-electron chi connectivity index (χ4n) is 0.800. The highest BCUT2D eigenvalue weighted by molar-refractivity contribution is 9.10. The van der Waals surface area contributed by atoms with Crippen LogP contribution < -0.4 is 0 Å². The number of hydrogen-bond donors (Lipinski definition) is 0. The van der Waals surface area contributed by atoms with Crippen molar-refractivity contribution < 1.29 is 21.6 Å². The molecule has 0 radical (unpaired) electrons. The summed E-state index contributed by atoms with van der Waals surface area (Å²) >= 11 is 2.60. The lowest BCUT2D eigenvalue weighted by Gasteiger charge is -2.05. The van der Waals surface area contributed by atoms with Crippen LogP contribution in [0.1, 0.15) is 0 Å². The van der Waals surface area contributed by atoms with Gasteiger partial charge in [-0.15, -0.1) is 0 Å². The van der Waals surface area contributed by atoms with Crippen molar-refractivity contribution in [3.05, 3.63) is 28.5 Å². The molecule has 0 bridgehead atoms. The van der Waals surface area contributed by atoms with E-state index in [2.05, 4.69) is 15.9 Å². The van der Waals surface area contributed by atoms with Crippen LogP contribution in [0.15, 0.2) is 27.6 Å². The predicted octanol–water partition coefficient (Wildman–Crippen LogP) is 2.58. The zero-order chi connectivity index (χ0) is 10.9. The molecule has 0 aliphatic heterocycles. The molecule has 7 heteroatoms. The van der Waals surface area contributed by atoms with Crippen LogP contribution in [-0.2, 0) is 9.84 Å². The average molecular weight is 289 g/mol. The second-order valence-electron chi connectivity index (χ2n) is 2.36. The zero-order valence-corrected chi connectivity index (χ0v) is 8.95. The quantitative estimate of drug-likeness (QED) is 0.838. The van der Waals surface area contributed by atoms with Crippen molar-refractivity contribution in [2.75, 3.05) is 0 Å². The van der Waals surface area contributed by atoms with Gasteiger partial charge in [-0.1, -0.05) is 6.07 Å².